The number of benzene rings is 4. The fourth-order valence-electron chi connectivity index (χ4n) is 5.93. The van der Waals surface area contributed by atoms with E-state index >= 15 is 0 Å². The Balaban J connectivity index is 1.24. The third-order valence-electron chi connectivity index (χ3n) is 8.30. The number of carbonyl (C=O) groups excluding carboxylic acids is 2. The highest BCUT2D eigenvalue weighted by Gasteiger charge is 2.27. The molecule has 7 nitrogen and oxygen atoms in total. The smallest absolute Gasteiger partial charge is 0.294 e. The van der Waals surface area contributed by atoms with Gasteiger partial charge in [-0.15, -0.1) is 0 Å². The number of pyridine rings is 1. The topological polar surface area (TPSA) is 82.8 Å². The number of nitrogens with zero attached hydrogens (tertiary/aromatic N) is 3. The summed E-state index contributed by atoms with van der Waals surface area (Å²) < 4.78 is 57.5. The van der Waals surface area contributed by atoms with E-state index in [9.17, 15) is 37.1 Å². The van der Waals surface area contributed by atoms with Gasteiger partial charge >= 0.3 is 0 Å². The van der Waals surface area contributed by atoms with Gasteiger partial charge < -0.3 is 19.5 Å². The van der Waals surface area contributed by atoms with Gasteiger partial charge in [-0.05, 0) is 40.8 Å². The molecule has 0 saturated carbocycles. The predicted molar refractivity (Wildman–Crippen MR) is 174 cm³/mol. The Morgan fingerprint density at radius 2 is 1.46 bits per heavy atom. The molecule has 0 radical (unpaired) electrons. The van der Waals surface area contributed by atoms with Crippen molar-refractivity contribution in [2.24, 2.45) is 0 Å². The molecule has 4 aromatic carbocycles. The van der Waals surface area contributed by atoms with Crippen molar-refractivity contribution in [2.75, 3.05) is 31.1 Å². The molecule has 1 saturated heterocycles. The highest BCUT2D eigenvalue weighted by molar-refractivity contribution is 6.41. The molecule has 1 aliphatic heterocycles. The summed E-state index contributed by atoms with van der Waals surface area (Å²) in [4.78, 5) is 43.1. The van der Waals surface area contributed by atoms with E-state index in [1.54, 1.807) is 6.07 Å². The largest absolute Gasteiger partial charge is 0.507 e. The van der Waals surface area contributed by atoms with E-state index in [2.05, 4.69) is 4.90 Å². The van der Waals surface area contributed by atoms with Crippen LogP contribution in [0, 0.1) is 23.3 Å². The van der Waals surface area contributed by atoms with Crippen LogP contribution in [-0.2, 0) is 22.6 Å². The van der Waals surface area contributed by atoms with Crippen LogP contribution >= 0.6 is 0 Å². The SMILES string of the molecule is O=C(/C=C(\O)c1cc(Cc2c(F)cc(F)cc2F)cn(Cc2cccc(F)c2)c1=O)C(=O)N1CCN(c2cccc3ccccc23)CC1. The van der Waals surface area contributed by atoms with Crippen molar-refractivity contribution < 1.29 is 32.3 Å². The van der Waals surface area contributed by atoms with Crippen molar-refractivity contribution in [1.82, 2.24) is 9.47 Å². The zero-order valence-corrected chi connectivity index (χ0v) is 25.5. The summed E-state index contributed by atoms with van der Waals surface area (Å²) in [6, 6.07) is 21.5. The van der Waals surface area contributed by atoms with E-state index in [4.69, 9.17) is 0 Å². The van der Waals surface area contributed by atoms with Crippen LogP contribution in [0.25, 0.3) is 16.5 Å². The molecule has 48 heavy (non-hydrogen) atoms. The van der Waals surface area contributed by atoms with Gasteiger partial charge in [-0.1, -0.05) is 48.5 Å². The molecular formula is C37H29F4N3O4. The van der Waals surface area contributed by atoms with Gasteiger partial charge in [-0.2, -0.15) is 0 Å². The van der Waals surface area contributed by atoms with E-state index in [0.717, 1.165) is 27.1 Å². The monoisotopic (exact) mass is 655 g/mol. The summed E-state index contributed by atoms with van der Waals surface area (Å²) >= 11 is 0. The van der Waals surface area contributed by atoms with Crippen molar-refractivity contribution in [1.29, 1.82) is 0 Å². The number of anilines is 1. The second-order valence-electron chi connectivity index (χ2n) is 11.5. The molecule has 6 rings (SSSR count). The standard InChI is InChI=1S/C37H29F4N3O4/c38-26-8-3-5-23(15-26)21-44-22-24(16-29-31(40)18-27(39)19-32(29)41)17-30(36(44)47)34(45)20-35(46)37(48)43-13-11-42(12-14-43)33-10-4-7-25-6-1-2-9-28(25)33/h1-10,15,17-20,22,45H,11-14,16,21H2/b34-20-. The predicted octanol–water partition coefficient (Wildman–Crippen LogP) is 6.01. The molecule has 1 fully saturated rings. The maximum Gasteiger partial charge on any atom is 0.294 e. The number of carbonyl (C=O) groups is 2. The summed E-state index contributed by atoms with van der Waals surface area (Å²) in [5.74, 6) is -6.74. The second-order valence-corrected chi connectivity index (χ2v) is 11.5. The minimum Gasteiger partial charge on any atom is -0.507 e. The summed E-state index contributed by atoms with van der Waals surface area (Å²) in [5, 5.41) is 13.1. The van der Waals surface area contributed by atoms with Gasteiger partial charge in [0.1, 0.15) is 29.0 Å². The molecule has 1 aliphatic rings. The lowest BCUT2D eigenvalue weighted by Crippen LogP contribution is -2.50. The molecule has 1 aromatic heterocycles. The number of aliphatic hydroxyl groups excluding tert-OH is 1. The van der Waals surface area contributed by atoms with Crippen molar-refractivity contribution >= 4 is 33.9 Å². The lowest BCUT2D eigenvalue weighted by atomic mass is 10.0. The molecule has 1 amide bonds. The maximum absolute atomic E-state index is 14.5. The molecule has 0 atom stereocenters. The van der Waals surface area contributed by atoms with E-state index in [-0.39, 0.29) is 25.2 Å². The minimum atomic E-state index is -1.15. The molecule has 5 aromatic rings. The minimum absolute atomic E-state index is 0.119. The highest BCUT2D eigenvalue weighted by atomic mass is 19.1. The fraction of sp³-hybridized carbons (Fsp3) is 0.162. The number of hydrogen-bond donors (Lipinski definition) is 1. The van der Waals surface area contributed by atoms with Crippen LogP contribution in [0.3, 0.4) is 0 Å². The lowest BCUT2D eigenvalue weighted by Gasteiger charge is -2.36. The van der Waals surface area contributed by atoms with Crippen LogP contribution in [0.1, 0.15) is 22.3 Å². The zero-order valence-electron chi connectivity index (χ0n) is 25.5. The first-order chi connectivity index (χ1) is 23.1. The van der Waals surface area contributed by atoms with Gasteiger partial charge in [0.05, 0.1) is 12.1 Å². The Morgan fingerprint density at radius 1 is 0.771 bits per heavy atom. The van der Waals surface area contributed by atoms with E-state index < -0.39 is 63.8 Å². The Bertz CT molecular complexity index is 2110. The average Bonchev–Trinajstić information content (AvgIpc) is 3.07. The van der Waals surface area contributed by atoms with Crippen LogP contribution in [0.4, 0.5) is 23.2 Å². The molecular weight excluding hydrogens is 626 g/mol. The van der Waals surface area contributed by atoms with Gasteiger partial charge in [0.25, 0.3) is 11.5 Å². The first-order valence-electron chi connectivity index (χ1n) is 15.2. The molecule has 244 valence electrons. The Kier molecular flexibility index (Phi) is 9.11. The van der Waals surface area contributed by atoms with E-state index in [0.29, 0.717) is 36.9 Å². The summed E-state index contributed by atoms with van der Waals surface area (Å²) in [6.45, 7) is 1.23. The zero-order chi connectivity index (χ0) is 33.9. The van der Waals surface area contributed by atoms with Crippen LogP contribution in [0.15, 0.2) is 102 Å². The molecule has 2 heterocycles. The Morgan fingerprint density at radius 3 is 2.19 bits per heavy atom. The Hall–Kier alpha value is -5.71. The van der Waals surface area contributed by atoms with Gasteiger partial charge in [0.15, 0.2) is 0 Å². The Labute approximate surface area is 272 Å². The van der Waals surface area contributed by atoms with Crippen LogP contribution in [0.5, 0.6) is 0 Å². The van der Waals surface area contributed by atoms with Crippen LogP contribution in [0.2, 0.25) is 0 Å². The first-order valence-corrected chi connectivity index (χ1v) is 15.2. The van der Waals surface area contributed by atoms with Crippen LogP contribution in [-0.4, -0.2) is 52.4 Å². The van der Waals surface area contributed by atoms with Crippen molar-refractivity contribution in [3.05, 3.63) is 153 Å². The quantitative estimate of drug-likeness (QED) is 0.0959. The van der Waals surface area contributed by atoms with Gasteiger partial charge in [0, 0.05) is 73.6 Å². The number of halogens is 4. The number of fused-ring (bicyclic) bond motifs is 1. The number of hydrogen-bond acceptors (Lipinski definition) is 5. The number of aromatic nitrogens is 1. The second kappa shape index (κ2) is 13.6. The van der Waals surface area contributed by atoms with E-state index in [1.807, 2.05) is 42.5 Å². The number of ketones is 1. The summed E-state index contributed by atoms with van der Waals surface area (Å²) in [7, 11) is 0. The fourth-order valence-corrected chi connectivity index (χ4v) is 5.93. The highest BCUT2D eigenvalue weighted by Crippen LogP contribution is 2.28. The molecule has 0 unspecified atom stereocenters. The van der Waals surface area contributed by atoms with Crippen molar-refractivity contribution in [3.63, 3.8) is 0 Å². The van der Waals surface area contributed by atoms with Crippen LogP contribution < -0.4 is 10.5 Å². The number of rotatable bonds is 8. The lowest BCUT2D eigenvalue weighted by molar-refractivity contribution is -0.142. The molecule has 0 bridgehead atoms. The van der Waals surface area contributed by atoms with E-state index in [1.165, 1.54) is 29.3 Å². The van der Waals surface area contributed by atoms with Crippen molar-refractivity contribution in [2.45, 2.75) is 13.0 Å². The first kappa shape index (κ1) is 32.2. The molecule has 0 aliphatic carbocycles. The molecule has 0 spiro atoms. The molecule has 11 heteroatoms. The normalized spacial score (nSPS) is 13.6. The van der Waals surface area contributed by atoms with Gasteiger partial charge in [-0.3, -0.25) is 14.4 Å². The number of amides is 1. The van der Waals surface area contributed by atoms with Gasteiger partial charge in [0.2, 0.25) is 5.78 Å². The average molecular weight is 656 g/mol. The number of piperazine rings is 1. The third-order valence-corrected chi connectivity index (χ3v) is 8.30. The number of aliphatic hydroxyl groups is 1. The molecule has 1 N–H and O–H groups in total. The summed E-state index contributed by atoms with van der Waals surface area (Å²) in [6.07, 6.45) is 1.47. The third kappa shape index (κ3) is 6.85. The maximum atomic E-state index is 14.5. The van der Waals surface area contributed by atoms with Crippen molar-refractivity contribution in [3.8, 4) is 0 Å². The summed E-state index contributed by atoms with van der Waals surface area (Å²) in [5.41, 5.74) is -0.213. The van der Waals surface area contributed by atoms with Gasteiger partial charge in [-0.25, -0.2) is 17.6 Å².